The Morgan fingerprint density at radius 3 is 2.60 bits per heavy atom. The molecule has 4 rings (SSSR count). The Kier molecular flexibility index (Phi) is 4.01. The van der Waals surface area contributed by atoms with E-state index in [1.165, 1.54) is 0 Å². The molecule has 1 N–H and O–H groups in total. The number of carbonyl (C=O) groups is 1. The van der Waals surface area contributed by atoms with Crippen LogP contribution in [0.5, 0.6) is 0 Å². The summed E-state index contributed by atoms with van der Waals surface area (Å²) in [7, 11) is 0. The number of carbonyl (C=O) groups excluding carboxylic acids is 1. The number of rotatable bonds is 4. The lowest BCUT2D eigenvalue weighted by Crippen LogP contribution is -2.23. The third kappa shape index (κ3) is 3.15. The van der Waals surface area contributed by atoms with Gasteiger partial charge in [-0.05, 0) is 35.9 Å². The maximum atomic E-state index is 12.5. The van der Waals surface area contributed by atoms with Crippen molar-refractivity contribution in [2.75, 3.05) is 0 Å². The Hall–Kier alpha value is -3.40. The van der Waals surface area contributed by atoms with Crippen LogP contribution in [0.1, 0.15) is 15.9 Å². The Morgan fingerprint density at radius 1 is 0.960 bits per heavy atom. The van der Waals surface area contributed by atoms with E-state index in [1.54, 1.807) is 6.20 Å². The molecule has 2 aromatic carbocycles. The van der Waals surface area contributed by atoms with Crippen molar-refractivity contribution in [3.8, 4) is 5.69 Å². The van der Waals surface area contributed by atoms with E-state index in [9.17, 15) is 4.79 Å². The molecule has 2 aromatic heterocycles. The lowest BCUT2D eigenvalue weighted by molar-refractivity contribution is 0.0950. The first-order valence-corrected chi connectivity index (χ1v) is 8.15. The molecule has 122 valence electrons. The van der Waals surface area contributed by atoms with Crippen molar-refractivity contribution in [2.24, 2.45) is 0 Å². The van der Waals surface area contributed by atoms with E-state index in [0.717, 1.165) is 22.2 Å². The molecule has 0 saturated heterocycles. The summed E-state index contributed by atoms with van der Waals surface area (Å²) in [5, 5.41) is 3.95. The van der Waals surface area contributed by atoms with E-state index in [1.807, 2.05) is 83.7 Å². The first-order chi connectivity index (χ1) is 12.3. The van der Waals surface area contributed by atoms with Gasteiger partial charge in [-0.1, -0.05) is 36.4 Å². The summed E-state index contributed by atoms with van der Waals surface area (Å²) >= 11 is 0. The van der Waals surface area contributed by atoms with Gasteiger partial charge in [0.15, 0.2) is 0 Å². The van der Waals surface area contributed by atoms with Gasteiger partial charge in [-0.25, -0.2) is 0 Å². The van der Waals surface area contributed by atoms with Gasteiger partial charge < -0.3 is 9.88 Å². The predicted molar refractivity (Wildman–Crippen MR) is 98.7 cm³/mol. The Morgan fingerprint density at radius 2 is 1.72 bits per heavy atom. The molecular formula is C21H17N3O. The summed E-state index contributed by atoms with van der Waals surface area (Å²) < 4.78 is 2.04. The fourth-order valence-electron chi connectivity index (χ4n) is 2.88. The molecule has 0 radical (unpaired) electrons. The molecule has 4 heteroatoms. The summed E-state index contributed by atoms with van der Waals surface area (Å²) in [6.07, 6.45) is 5.61. The molecule has 0 atom stereocenters. The van der Waals surface area contributed by atoms with Crippen molar-refractivity contribution >= 4 is 16.8 Å². The Labute approximate surface area is 145 Å². The third-order valence-corrected chi connectivity index (χ3v) is 4.17. The number of hydrogen-bond acceptors (Lipinski definition) is 2. The van der Waals surface area contributed by atoms with Gasteiger partial charge in [0.25, 0.3) is 5.91 Å². The topological polar surface area (TPSA) is 46.9 Å². The minimum Gasteiger partial charge on any atom is -0.348 e. The lowest BCUT2D eigenvalue weighted by Gasteiger charge is -2.12. The minimum atomic E-state index is -0.124. The van der Waals surface area contributed by atoms with Crippen molar-refractivity contribution in [1.29, 1.82) is 0 Å². The van der Waals surface area contributed by atoms with Crippen LogP contribution in [0.3, 0.4) is 0 Å². The van der Waals surface area contributed by atoms with Gasteiger partial charge in [-0.3, -0.25) is 9.78 Å². The number of fused-ring (bicyclic) bond motifs is 1. The lowest BCUT2D eigenvalue weighted by atomic mass is 10.1. The molecule has 0 saturated carbocycles. The first kappa shape index (κ1) is 15.1. The zero-order valence-corrected chi connectivity index (χ0v) is 13.6. The zero-order valence-electron chi connectivity index (χ0n) is 13.6. The van der Waals surface area contributed by atoms with E-state index in [4.69, 9.17) is 0 Å². The highest BCUT2D eigenvalue weighted by molar-refractivity contribution is 5.97. The second-order valence-corrected chi connectivity index (χ2v) is 5.82. The monoisotopic (exact) mass is 327 g/mol. The van der Waals surface area contributed by atoms with Crippen LogP contribution in [0.4, 0.5) is 0 Å². The van der Waals surface area contributed by atoms with Crippen LogP contribution >= 0.6 is 0 Å². The summed E-state index contributed by atoms with van der Waals surface area (Å²) in [4.78, 5) is 16.9. The zero-order chi connectivity index (χ0) is 17.1. The van der Waals surface area contributed by atoms with Crippen LogP contribution in [0.15, 0.2) is 85.3 Å². The van der Waals surface area contributed by atoms with E-state index < -0.39 is 0 Å². The Bertz CT molecular complexity index is 1020. The molecule has 0 aliphatic carbocycles. The van der Waals surface area contributed by atoms with Gasteiger partial charge in [-0.2, -0.15) is 0 Å². The first-order valence-electron chi connectivity index (χ1n) is 8.15. The molecule has 0 bridgehead atoms. The van der Waals surface area contributed by atoms with Crippen molar-refractivity contribution < 1.29 is 4.79 Å². The number of nitrogens with zero attached hydrogens (tertiary/aromatic N) is 2. The Balaban J connectivity index is 1.54. The summed E-state index contributed by atoms with van der Waals surface area (Å²) in [6.45, 7) is 0.458. The van der Waals surface area contributed by atoms with E-state index >= 15 is 0 Å². The molecule has 2 heterocycles. The molecule has 0 aliphatic rings. The highest BCUT2D eigenvalue weighted by Crippen LogP contribution is 2.16. The van der Waals surface area contributed by atoms with Crippen LogP contribution in [-0.2, 0) is 6.54 Å². The smallest absolute Gasteiger partial charge is 0.253 e. The van der Waals surface area contributed by atoms with Crippen LogP contribution < -0.4 is 5.32 Å². The quantitative estimate of drug-likeness (QED) is 0.617. The van der Waals surface area contributed by atoms with Crippen molar-refractivity contribution in [1.82, 2.24) is 14.9 Å². The average molecular weight is 327 g/mol. The van der Waals surface area contributed by atoms with Crippen LogP contribution in [0.25, 0.3) is 16.6 Å². The summed E-state index contributed by atoms with van der Waals surface area (Å²) in [6, 6.07) is 21.6. The SMILES string of the molecule is O=C(NCc1ccccc1-n1cccc1)c1cnc2ccccc2c1. The van der Waals surface area contributed by atoms with E-state index in [-0.39, 0.29) is 5.91 Å². The third-order valence-electron chi connectivity index (χ3n) is 4.17. The molecule has 1 amide bonds. The number of nitrogens with one attached hydrogen (secondary N) is 1. The fraction of sp³-hybridized carbons (Fsp3) is 0.0476. The highest BCUT2D eigenvalue weighted by atomic mass is 16.1. The van der Waals surface area contributed by atoms with Crippen LogP contribution in [-0.4, -0.2) is 15.5 Å². The molecule has 0 aliphatic heterocycles. The predicted octanol–water partition coefficient (Wildman–Crippen LogP) is 3.96. The maximum absolute atomic E-state index is 12.5. The van der Waals surface area contributed by atoms with Crippen LogP contribution in [0.2, 0.25) is 0 Å². The standard InChI is InChI=1S/C21H17N3O/c25-21(18-13-16-7-1-3-9-19(16)22-15-18)23-14-17-8-2-4-10-20(17)24-11-5-6-12-24/h1-13,15H,14H2,(H,23,25). The van der Waals surface area contributed by atoms with Crippen molar-refractivity contribution in [2.45, 2.75) is 6.54 Å². The number of para-hydroxylation sites is 2. The molecule has 4 aromatic rings. The molecule has 25 heavy (non-hydrogen) atoms. The van der Waals surface area contributed by atoms with E-state index in [0.29, 0.717) is 12.1 Å². The molecule has 0 fully saturated rings. The molecule has 4 nitrogen and oxygen atoms in total. The fourth-order valence-corrected chi connectivity index (χ4v) is 2.88. The number of amides is 1. The minimum absolute atomic E-state index is 0.124. The molecular weight excluding hydrogens is 310 g/mol. The van der Waals surface area contributed by atoms with Gasteiger partial charge in [0, 0.05) is 36.2 Å². The molecule has 0 spiro atoms. The van der Waals surface area contributed by atoms with Gasteiger partial charge in [-0.15, -0.1) is 0 Å². The van der Waals surface area contributed by atoms with Gasteiger partial charge in [0.2, 0.25) is 0 Å². The van der Waals surface area contributed by atoms with Crippen LogP contribution in [0, 0.1) is 0 Å². The number of benzene rings is 2. The number of pyridine rings is 1. The largest absolute Gasteiger partial charge is 0.348 e. The van der Waals surface area contributed by atoms with Gasteiger partial charge >= 0.3 is 0 Å². The highest BCUT2D eigenvalue weighted by Gasteiger charge is 2.09. The summed E-state index contributed by atoms with van der Waals surface area (Å²) in [5.41, 5.74) is 3.57. The maximum Gasteiger partial charge on any atom is 0.253 e. The van der Waals surface area contributed by atoms with Gasteiger partial charge in [0.1, 0.15) is 0 Å². The second-order valence-electron chi connectivity index (χ2n) is 5.82. The normalized spacial score (nSPS) is 10.7. The number of hydrogen-bond donors (Lipinski definition) is 1. The van der Waals surface area contributed by atoms with Crippen molar-refractivity contribution in [3.05, 3.63) is 96.4 Å². The molecule has 0 unspecified atom stereocenters. The number of aromatic nitrogens is 2. The van der Waals surface area contributed by atoms with Crippen molar-refractivity contribution in [3.63, 3.8) is 0 Å². The second kappa shape index (κ2) is 6.61. The average Bonchev–Trinajstić information content (AvgIpc) is 3.20. The van der Waals surface area contributed by atoms with E-state index in [2.05, 4.69) is 10.3 Å². The summed E-state index contributed by atoms with van der Waals surface area (Å²) in [5.74, 6) is -0.124. The van der Waals surface area contributed by atoms with Gasteiger partial charge in [0.05, 0.1) is 11.1 Å².